The highest BCUT2D eigenvalue weighted by atomic mass is 32.1. The van der Waals surface area contributed by atoms with Crippen LogP contribution in [0.5, 0.6) is 0 Å². The molecule has 0 spiro atoms. The van der Waals surface area contributed by atoms with Gasteiger partial charge in [0.25, 0.3) is 5.91 Å². The van der Waals surface area contributed by atoms with Crippen molar-refractivity contribution in [2.45, 2.75) is 13.0 Å². The van der Waals surface area contributed by atoms with Crippen LogP contribution in [-0.4, -0.2) is 24.5 Å². The van der Waals surface area contributed by atoms with Crippen LogP contribution in [0.2, 0.25) is 0 Å². The van der Waals surface area contributed by atoms with Crippen molar-refractivity contribution in [2.75, 3.05) is 17.7 Å². The minimum atomic E-state index is -0.224. The van der Waals surface area contributed by atoms with Gasteiger partial charge >= 0.3 is 0 Å². The smallest absolute Gasteiger partial charge is 0.267 e. The number of thiophene rings is 1. The molecule has 1 aliphatic heterocycles. The van der Waals surface area contributed by atoms with Crippen LogP contribution in [-0.2, 0) is 4.74 Å². The third kappa shape index (κ3) is 2.85. The molecule has 126 valence electrons. The minimum Gasteiger partial charge on any atom is -0.475 e. The molecule has 0 fully saturated rings. The SMILES string of the molecule is C[C@H]1COC(c2ccccc2NC(=O)c2sc3ccccc3c2N)=N1. The Balaban J connectivity index is 1.67. The lowest BCUT2D eigenvalue weighted by atomic mass is 10.1. The molecule has 2 heterocycles. The van der Waals surface area contributed by atoms with Crippen molar-refractivity contribution in [3.8, 4) is 0 Å². The quantitative estimate of drug-likeness (QED) is 0.751. The molecule has 0 bridgehead atoms. The van der Waals surface area contributed by atoms with Crippen LogP contribution in [0.4, 0.5) is 11.4 Å². The summed E-state index contributed by atoms with van der Waals surface area (Å²) >= 11 is 1.39. The van der Waals surface area contributed by atoms with Crippen molar-refractivity contribution in [3.05, 3.63) is 59.0 Å². The van der Waals surface area contributed by atoms with Crippen molar-refractivity contribution in [1.29, 1.82) is 0 Å². The van der Waals surface area contributed by atoms with Crippen molar-refractivity contribution in [3.63, 3.8) is 0 Å². The summed E-state index contributed by atoms with van der Waals surface area (Å²) in [4.78, 5) is 17.8. The van der Waals surface area contributed by atoms with Crippen LogP contribution in [0.15, 0.2) is 53.5 Å². The van der Waals surface area contributed by atoms with E-state index in [0.29, 0.717) is 28.8 Å². The van der Waals surface area contributed by atoms with Crippen LogP contribution < -0.4 is 11.1 Å². The van der Waals surface area contributed by atoms with Crippen molar-refractivity contribution in [2.24, 2.45) is 4.99 Å². The number of nitrogen functional groups attached to an aromatic ring is 1. The highest BCUT2D eigenvalue weighted by molar-refractivity contribution is 7.21. The molecule has 0 radical (unpaired) electrons. The van der Waals surface area contributed by atoms with E-state index in [1.54, 1.807) is 0 Å². The van der Waals surface area contributed by atoms with Crippen LogP contribution in [0.1, 0.15) is 22.2 Å². The molecule has 6 heteroatoms. The molecule has 1 amide bonds. The van der Waals surface area contributed by atoms with Crippen LogP contribution in [0, 0.1) is 0 Å². The summed E-state index contributed by atoms with van der Waals surface area (Å²) in [6, 6.07) is 15.4. The molecular weight excluding hydrogens is 334 g/mol. The summed E-state index contributed by atoms with van der Waals surface area (Å²) in [6.07, 6.45) is 0. The summed E-state index contributed by atoms with van der Waals surface area (Å²) in [6.45, 7) is 2.55. The fourth-order valence-electron chi connectivity index (χ4n) is 2.81. The first kappa shape index (κ1) is 15.7. The van der Waals surface area contributed by atoms with Gasteiger partial charge in [-0.15, -0.1) is 11.3 Å². The molecule has 3 aromatic rings. The monoisotopic (exact) mass is 351 g/mol. The molecule has 1 aliphatic rings. The van der Waals surface area contributed by atoms with Gasteiger partial charge in [-0.1, -0.05) is 30.3 Å². The molecule has 0 aliphatic carbocycles. The van der Waals surface area contributed by atoms with Gasteiger partial charge in [0.05, 0.1) is 23.0 Å². The average Bonchev–Trinajstić information content (AvgIpc) is 3.20. The number of benzene rings is 2. The lowest BCUT2D eigenvalue weighted by Gasteiger charge is -2.10. The number of anilines is 2. The molecule has 0 unspecified atom stereocenters. The molecule has 25 heavy (non-hydrogen) atoms. The van der Waals surface area contributed by atoms with E-state index in [1.165, 1.54) is 11.3 Å². The Bertz CT molecular complexity index is 993. The summed E-state index contributed by atoms with van der Waals surface area (Å²) in [5.74, 6) is 0.338. The highest BCUT2D eigenvalue weighted by Gasteiger charge is 2.21. The molecular formula is C19H17N3O2S. The Morgan fingerprint density at radius 1 is 1.24 bits per heavy atom. The van der Waals surface area contributed by atoms with Gasteiger partial charge in [0.1, 0.15) is 11.5 Å². The highest BCUT2D eigenvalue weighted by Crippen LogP contribution is 2.34. The maximum atomic E-state index is 12.8. The molecule has 1 atom stereocenters. The predicted octanol–water partition coefficient (Wildman–Crippen LogP) is 3.90. The average molecular weight is 351 g/mol. The number of nitrogens with zero attached hydrogens (tertiary/aromatic N) is 1. The maximum absolute atomic E-state index is 12.8. The summed E-state index contributed by atoms with van der Waals surface area (Å²) in [5, 5.41) is 3.86. The number of ether oxygens (including phenoxy) is 1. The minimum absolute atomic E-state index is 0.122. The van der Waals surface area contributed by atoms with Crippen molar-refractivity contribution >= 4 is 44.6 Å². The second-order valence-corrected chi connectivity index (χ2v) is 6.99. The summed E-state index contributed by atoms with van der Waals surface area (Å²) < 4.78 is 6.62. The first-order chi connectivity index (χ1) is 12.1. The zero-order chi connectivity index (χ0) is 17.4. The number of fused-ring (bicyclic) bond motifs is 1. The van der Waals surface area contributed by atoms with Crippen LogP contribution in [0.3, 0.4) is 0 Å². The third-order valence-corrected chi connectivity index (χ3v) is 5.23. The van der Waals surface area contributed by atoms with E-state index >= 15 is 0 Å². The first-order valence-electron chi connectivity index (χ1n) is 8.02. The van der Waals surface area contributed by atoms with E-state index in [2.05, 4.69) is 10.3 Å². The number of hydrogen-bond acceptors (Lipinski definition) is 5. The summed E-state index contributed by atoms with van der Waals surface area (Å²) in [7, 11) is 0. The number of nitrogens with two attached hydrogens (primary N) is 1. The number of amides is 1. The lowest BCUT2D eigenvalue weighted by molar-refractivity contribution is 0.103. The van der Waals surface area contributed by atoms with Gasteiger partial charge in [0, 0.05) is 10.1 Å². The predicted molar refractivity (Wildman–Crippen MR) is 103 cm³/mol. The fraction of sp³-hybridized carbons (Fsp3) is 0.158. The molecule has 1 aromatic heterocycles. The maximum Gasteiger partial charge on any atom is 0.267 e. The van der Waals surface area contributed by atoms with Crippen molar-refractivity contribution in [1.82, 2.24) is 0 Å². The molecule has 5 nitrogen and oxygen atoms in total. The van der Waals surface area contributed by atoms with Gasteiger partial charge in [-0.3, -0.25) is 4.79 Å². The molecule has 2 aromatic carbocycles. The van der Waals surface area contributed by atoms with Gasteiger partial charge in [-0.25, -0.2) is 4.99 Å². The van der Waals surface area contributed by atoms with Gasteiger partial charge in [0.15, 0.2) is 0 Å². The Morgan fingerprint density at radius 3 is 2.76 bits per heavy atom. The van der Waals surface area contributed by atoms with Gasteiger partial charge in [0.2, 0.25) is 5.90 Å². The number of rotatable bonds is 3. The van der Waals surface area contributed by atoms with E-state index in [9.17, 15) is 4.79 Å². The Hall–Kier alpha value is -2.86. The molecule has 3 N–H and O–H groups in total. The Kier molecular flexibility index (Phi) is 3.89. The van der Waals surface area contributed by atoms with E-state index in [1.807, 2.05) is 55.5 Å². The van der Waals surface area contributed by atoms with Crippen molar-refractivity contribution < 1.29 is 9.53 Å². The second kappa shape index (κ2) is 6.22. The van der Waals surface area contributed by atoms with Gasteiger partial charge in [-0.05, 0) is 25.1 Å². The number of carbonyl (C=O) groups is 1. The van der Waals surface area contributed by atoms with E-state index in [4.69, 9.17) is 10.5 Å². The van der Waals surface area contributed by atoms with E-state index in [-0.39, 0.29) is 11.9 Å². The Morgan fingerprint density at radius 2 is 2.00 bits per heavy atom. The van der Waals surface area contributed by atoms with E-state index in [0.717, 1.165) is 15.6 Å². The van der Waals surface area contributed by atoms with Crippen LogP contribution in [0.25, 0.3) is 10.1 Å². The molecule has 0 saturated carbocycles. The fourth-order valence-corrected chi connectivity index (χ4v) is 3.83. The largest absolute Gasteiger partial charge is 0.475 e. The van der Waals surface area contributed by atoms with Gasteiger partial charge < -0.3 is 15.8 Å². The number of nitrogens with one attached hydrogen (secondary N) is 1. The number of aliphatic imine (C=N–C) groups is 1. The number of para-hydroxylation sites is 1. The van der Waals surface area contributed by atoms with Crippen LogP contribution >= 0.6 is 11.3 Å². The molecule has 0 saturated heterocycles. The normalized spacial score (nSPS) is 16.5. The third-order valence-electron chi connectivity index (χ3n) is 4.04. The lowest BCUT2D eigenvalue weighted by Crippen LogP contribution is -2.15. The first-order valence-corrected chi connectivity index (χ1v) is 8.83. The van der Waals surface area contributed by atoms with Gasteiger partial charge in [-0.2, -0.15) is 0 Å². The standard InChI is InChI=1S/C19H17N3O2S/c1-11-10-24-19(21-11)12-6-2-4-8-14(12)22-18(23)17-16(20)13-7-3-5-9-15(13)25-17/h2-9,11H,10,20H2,1H3,(H,22,23)/t11-/m0/s1. The zero-order valence-electron chi connectivity index (χ0n) is 13.7. The Labute approximate surface area is 149 Å². The second-order valence-electron chi connectivity index (χ2n) is 5.94. The number of carbonyl (C=O) groups excluding carboxylic acids is 1. The zero-order valence-corrected chi connectivity index (χ0v) is 14.5. The molecule has 4 rings (SSSR count). The number of hydrogen-bond donors (Lipinski definition) is 2. The summed E-state index contributed by atoms with van der Waals surface area (Å²) in [5.41, 5.74) is 8.13. The topological polar surface area (TPSA) is 76.7 Å². The van der Waals surface area contributed by atoms with E-state index < -0.39 is 0 Å².